The number of aliphatic hydroxyl groups is 2. The molecule has 0 amide bonds. The molecule has 2 aromatic carbocycles. The lowest BCUT2D eigenvalue weighted by Crippen LogP contribution is -2.60. The molecule has 6 unspecified atom stereocenters. The van der Waals surface area contributed by atoms with E-state index in [1.807, 2.05) is 0 Å². The summed E-state index contributed by atoms with van der Waals surface area (Å²) in [6.07, 6.45) is -4.20. The fourth-order valence-corrected chi connectivity index (χ4v) is 7.57. The maximum Gasteiger partial charge on any atom is 0.347 e. The van der Waals surface area contributed by atoms with Crippen molar-refractivity contribution < 1.29 is 57.8 Å². The lowest BCUT2D eigenvalue weighted by atomic mass is 9.63. The third-order valence-corrected chi connectivity index (χ3v) is 9.41. The molecule has 4 aromatic rings. The minimum atomic E-state index is -2.49. The molecule has 8 rings (SSSR count). The van der Waals surface area contributed by atoms with Gasteiger partial charge in [0.05, 0.1) is 0 Å². The van der Waals surface area contributed by atoms with Gasteiger partial charge in [-0.05, 0) is 48.9 Å². The predicted molar refractivity (Wildman–Crippen MR) is 143 cm³/mol. The van der Waals surface area contributed by atoms with E-state index in [2.05, 4.69) is 0 Å². The second-order valence-corrected chi connectivity index (χ2v) is 11.4. The van der Waals surface area contributed by atoms with E-state index in [1.165, 1.54) is 38.1 Å². The highest BCUT2D eigenvalue weighted by Crippen LogP contribution is 2.80. The van der Waals surface area contributed by atoms with Crippen molar-refractivity contribution in [1.29, 1.82) is 0 Å². The summed E-state index contributed by atoms with van der Waals surface area (Å²) in [6.45, 7) is 2.99. The van der Waals surface area contributed by atoms with Crippen molar-refractivity contribution in [2.24, 2.45) is 0 Å². The first kappa shape index (κ1) is 27.1. The van der Waals surface area contributed by atoms with Crippen LogP contribution in [-0.2, 0) is 18.9 Å². The highest BCUT2D eigenvalue weighted by atomic mass is 16.9. The third-order valence-electron chi connectivity index (χ3n) is 9.41. The number of carbonyl (C=O) groups excluding carboxylic acids is 2. The molecule has 0 bridgehead atoms. The van der Waals surface area contributed by atoms with E-state index in [4.69, 9.17) is 27.8 Å². The van der Waals surface area contributed by atoms with Crippen LogP contribution >= 0.6 is 0 Å². The number of hydrogen-bond donors (Lipinski definition) is 4. The van der Waals surface area contributed by atoms with E-state index in [0.717, 1.165) is 14.2 Å². The first-order chi connectivity index (χ1) is 20.8. The van der Waals surface area contributed by atoms with Crippen molar-refractivity contribution in [1.82, 2.24) is 0 Å². The van der Waals surface area contributed by atoms with E-state index in [9.17, 15) is 39.6 Å². The smallest absolute Gasteiger partial charge is 0.347 e. The molecule has 2 saturated heterocycles. The van der Waals surface area contributed by atoms with Gasteiger partial charge in [-0.3, -0.25) is 9.59 Å². The van der Waals surface area contributed by atoms with Crippen molar-refractivity contribution in [3.63, 3.8) is 0 Å². The topological polar surface area (TPSA) is 219 Å². The second-order valence-electron chi connectivity index (χ2n) is 11.4. The first-order valence-electron chi connectivity index (χ1n) is 13.4. The van der Waals surface area contributed by atoms with Crippen LogP contribution in [0.5, 0.6) is 11.5 Å². The number of rotatable bonds is 3. The van der Waals surface area contributed by atoms with Gasteiger partial charge in [-0.2, -0.15) is 0 Å². The molecule has 4 heterocycles. The molecule has 0 radical (unpaired) electrons. The summed E-state index contributed by atoms with van der Waals surface area (Å²) < 4.78 is 33.2. The van der Waals surface area contributed by atoms with E-state index in [1.54, 1.807) is 0 Å². The van der Waals surface area contributed by atoms with Crippen LogP contribution in [0.15, 0.2) is 42.7 Å². The largest absolute Gasteiger partial charge is 0.507 e. The van der Waals surface area contributed by atoms with Crippen molar-refractivity contribution in [3.05, 3.63) is 78.9 Å². The molecular formula is C30H22O14. The molecule has 2 fully saturated rings. The average Bonchev–Trinajstić information content (AvgIpc) is 3.85. The summed E-state index contributed by atoms with van der Waals surface area (Å²) in [7, 11) is 2.18. The lowest BCUT2D eigenvalue weighted by molar-refractivity contribution is -0.0577. The van der Waals surface area contributed by atoms with Gasteiger partial charge in [-0.15, -0.1) is 0 Å². The molecule has 2 aromatic heterocycles. The van der Waals surface area contributed by atoms with Crippen LogP contribution in [0, 0.1) is 13.8 Å². The maximum atomic E-state index is 14.1. The molecule has 4 aliphatic rings. The first-order valence-corrected chi connectivity index (χ1v) is 13.4. The Morgan fingerprint density at radius 1 is 0.659 bits per heavy atom. The van der Waals surface area contributed by atoms with Crippen LogP contribution in [0.1, 0.15) is 55.6 Å². The van der Waals surface area contributed by atoms with Gasteiger partial charge in [-0.25, -0.2) is 9.59 Å². The van der Waals surface area contributed by atoms with Gasteiger partial charge in [0.1, 0.15) is 46.0 Å². The molecule has 2 aliphatic carbocycles. The van der Waals surface area contributed by atoms with Crippen molar-refractivity contribution in [2.45, 2.75) is 48.8 Å². The number of phenols is 2. The van der Waals surface area contributed by atoms with Crippen LogP contribution in [0.2, 0.25) is 0 Å². The van der Waals surface area contributed by atoms with Gasteiger partial charge >= 0.3 is 11.3 Å². The molecule has 2 aliphatic heterocycles. The van der Waals surface area contributed by atoms with E-state index >= 15 is 0 Å². The monoisotopic (exact) mass is 606 g/mol. The summed E-state index contributed by atoms with van der Waals surface area (Å²) in [5, 5.41) is 46.2. The van der Waals surface area contributed by atoms with Gasteiger partial charge in [0, 0.05) is 36.5 Å². The molecule has 226 valence electrons. The number of phenolic OH excluding ortho intramolecular Hbond substituents is 2. The summed E-state index contributed by atoms with van der Waals surface area (Å²) in [5.74, 6) is -7.86. The van der Waals surface area contributed by atoms with Gasteiger partial charge in [0.2, 0.25) is 22.8 Å². The van der Waals surface area contributed by atoms with Crippen LogP contribution in [0.25, 0.3) is 21.5 Å². The number of epoxide rings is 2. The number of aliphatic hydroxyl groups excluding tert-OH is 2. The quantitative estimate of drug-likeness (QED) is 0.242. The van der Waals surface area contributed by atoms with Crippen LogP contribution < -0.4 is 11.3 Å². The zero-order valence-electron chi connectivity index (χ0n) is 23.3. The minimum absolute atomic E-state index is 0.134. The SMILES string of the molecule is COC12OC1(C13OC1(OC)C(=O)c1cc4cc(C)oc(=O)c4c(O)c1C3O)C(O)c1c(cc3cc(C)oc(=O)c3c1O)C2=O. The van der Waals surface area contributed by atoms with E-state index in [-0.39, 0.29) is 44.2 Å². The van der Waals surface area contributed by atoms with E-state index in [0.29, 0.717) is 0 Å². The Labute approximate surface area is 244 Å². The zero-order chi connectivity index (χ0) is 31.5. The molecule has 14 nitrogen and oxygen atoms in total. The Hall–Kier alpha value is -4.44. The van der Waals surface area contributed by atoms with Crippen LogP contribution in [0.3, 0.4) is 0 Å². The van der Waals surface area contributed by atoms with Gasteiger partial charge in [0.15, 0.2) is 0 Å². The average molecular weight is 606 g/mol. The third kappa shape index (κ3) is 2.54. The summed E-state index contributed by atoms with van der Waals surface area (Å²) >= 11 is 0. The Balaban J connectivity index is 1.42. The Morgan fingerprint density at radius 2 is 1.02 bits per heavy atom. The van der Waals surface area contributed by atoms with Crippen LogP contribution in [-0.4, -0.2) is 69.0 Å². The molecule has 0 saturated carbocycles. The fraction of sp³-hybridized carbons (Fsp3) is 0.333. The standard InChI is InChI=1S/C30H22O14/c1-9-5-11-7-13-17(19(31)15(11)25(37)41-9)23(35)27(29(39-3,43-27)21(13)33)28-24(36)18-14(22(34)30(28,40-4)44-28)8-12-6-10(2)42-26(38)16(12)20(18)32/h5-8,23-24,31-32,35-36H,1-4H3. The summed E-state index contributed by atoms with van der Waals surface area (Å²) in [5.41, 5.74) is -8.34. The van der Waals surface area contributed by atoms with E-state index < -0.39 is 80.4 Å². The number of benzene rings is 2. The number of fused-ring (bicyclic) bond motifs is 7. The lowest BCUT2D eigenvalue weighted by Gasteiger charge is -2.39. The Bertz CT molecular complexity index is 2040. The number of aryl methyl sites for hydroxylation is 2. The normalized spacial score (nSPS) is 33.1. The number of hydrogen-bond acceptors (Lipinski definition) is 14. The zero-order valence-corrected chi connectivity index (χ0v) is 23.3. The number of methoxy groups -OCH3 is 2. The van der Waals surface area contributed by atoms with Gasteiger partial charge < -0.3 is 48.2 Å². The van der Waals surface area contributed by atoms with Gasteiger partial charge in [-0.1, -0.05) is 0 Å². The fourth-order valence-electron chi connectivity index (χ4n) is 7.57. The van der Waals surface area contributed by atoms with Crippen molar-refractivity contribution in [2.75, 3.05) is 14.2 Å². The molecule has 14 heteroatoms. The van der Waals surface area contributed by atoms with Crippen LogP contribution in [0.4, 0.5) is 0 Å². The number of Topliss-reactive ketones (excluding diaryl/α,β-unsaturated/α-hetero) is 2. The minimum Gasteiger partial charge on any atom is -0.507 e. The molecular weight excluding hydrogens is 584 g/mol. The number of carbonyl (C=O) groups is 2. The molecule has 0 spiro atoms. The summed E-state index contributed by atoms with van der Waals surface area (Å²) in [4.78, 5) is 53.8. The second kappa shape index (κ2) is 7.79. The van der Waals surface area contributed by atoms with Crippen molar-refractivity contribution in [3.8, 4) is 11.5 Å². The molecule has 4 N–H and O–H groups in total. The van der Waals surface area contributed by atoms with Crippen molar-refractivity contribution >= 4 is 33.1 Å². The Morgan fingerprint density at radius 3 is 1.36 bits per heavy atom. The predicted octanol–water partition coefficient (Wildman–Crippen LogP) is 1.31. The molecule has 6 atom stereocenters. The highest BCUT2D eigenvalue weighted by Gasteiger charge is 3.03. The number of ketones is 2. The number of aromatic hydroxyl groups is 2. The Kier molecular flexibility index (Phi) is 4.80. The van der Waals surface area contributed by atoms with Gasteiger partial charge in [0.25, 0.3) is 11.6 Å². The molecule has 44 heavy (non-hydrogen) atoms. The highest BCUT2D eigenvalue weighted by molar-refractivity contribution is 6.15. The summed E-state index contributed by atoms with van der Waals surface area (Å²) in [6, 6.07) is 5.35. The number of ether oxygens (including phenoxy) is 4. The maximum absolute atomic E-state index is 14.1.